The van der Waals surface area contributed by atoms with E-state index >= 15 is 0 Å². The molecule has 1 aromatic heterocycles. The molecule has 0 fully saturated rings. The molecule has 12 heavy (non-hydrogen) atoms. The maximum absolute atomic E-state index is 8.60. The van der Waals surface area contributed by atoms with E-state index < -0.39 is 0 Å². The summed E-state index contributed by atoms with van der Waals surface area (Å²) in [6.07, 6.45) is 3.32. The molecule has 0 aliphatic carbocycles. The van der Waals surface area contributed by atoms with Crippen LogP contribution in [0.2, 0.25) is 0 Å². The minimum absolute atomic E-state index is 0.393. The van der Waals surface area contributed by atoms with E-state index in [0.717, 1.165) is 5.57 Å². The van der Waals surface area contributed by atoms with Gasteiger partial charge in [0.2, 0.25) is 5.82 Å². The third kappa shape index (κ3) is 1.71. The van der Waals surface area contributed by atoms with Gasteiger partial charge in [-0.1, -0.05) is 6.58 Å². The summed E-state index contributed by atoms with van der Waals surface area (Å²) < 4.78 is 1.72. The normalized spacial score (nSPS) is 9.33. The molecular formula is C8H10N4. The predicted molar refractivity (Wildman–Crippen MR) is 45.1 cm³/mol. The average molecular weight is 162 g/mol. The zero-order valence-electron chi connectivity index (χ0n) is 6.70. The molecular weight excluding hydrogens is 152 g/mol. The van der Waals surface area contributed by atoms with E-state index in [9.17, 15) is 0 Å². The number of nitrogens with zero attached hydrogens (tertiary/aromatic N) is 3. The van der Waals surface area contributed by atoms with E-state index in [4.69, 9.17) is 11.0 Å². The first-order chi connectivity index (χ1) is 5.77. The molecule has 1 heterocycles. The Kier molecular flexibility index (Phi) is 2.62. The first-order valence-electron chi connectivity index (χ1n) is 3.56. The van der Waals surface area contributed by atoms with Crippen LogP contribution in [0.15, 0.2) is 24.5 Å². The fourth-order valence-electron chi connectivity index (χ4n) is 0.855. The molecule has 0 amide bonds. The van der Waals surface area contributed by atoms with E-state index in [1.165, 1.54) is 0 Å². The fraction of sp³-hybridized carbons (Fsp3) is 0.250. The molecule has 0 aliphatic heterocycles. The van der Waals surface area contributed by atoms with Crippen LogP contribution >= 0.6 is 0 Å². The summed E-state index contributed by atoms with van der Waals surface area (Å²) >= 11 is 0. The van der Waals surface area contributed by atoms with Gasteiger partial charge >= 0.3 is 0 Å². The number of nitrogens with two attached hydrogens (primary N) is 1. The lowest BCUT2D eigenvalue weighted by Crippen LogP contribution is -2.09. The maximum atomic E-state index is 8.60. The van der Waals surface area contributed by atoms with Gasteiger partial charge in [0.1, 0.15) is 6.07 Å². The van der Waals surface area contributed by atoms with E-state index in [0.29, 0.717) is 18.9 Å². The number of hydrogen-bond donors (Lipinski definition) is 1. The Morgan fingerprint density at radius 2 is 2.58 bits per heavy atom. The number of rotatable bonds is 3. The molecule has 4 nitrogen and oxygen atoms in total. The van der Waals surface area contributed by atoms with Crippen molar-refractivity contribution in [3.05, 3.63) is 30.4 Å². The fourth-order valence-corrected chi connectivity index (χ4v) is 0.855. The van der Waals surface area contributed by atoms with Crippen molar-refractivity contribution >= 4 is 0 Å². The van der Waals surface area contributed by atoms with Gasteiger partial charge in [-0.3, -0.25) is 0 Å². The van der Waals surface area contributed by atoms with Crippen LogP contribution in [0.3, 0.4) is 0 Å². The summed E-state index contributed by atoms with van der Waals surface area (Å²) in [6.45, 7) is 4.74. The van der Waals surface area contributed by atoms with E-state index in [-0.39, 0.29) is 0 Å². The minimum Gasteiger partial charge on any atom is -0.327 e. The van der Waals surface area contributed by atoms with Gasteiger partial charge in [-0.2, -0.15) is 5.26 Å². The molecule has 0 spiro atoms. The summed E-state index contributed by atoms with van der Waals surface area (Å²) in [6, 6.07) is 1.97. The summed E-state index contributed by atoms with van der Waals surface area (Å²) in [4.78, 5) is 3.84. The number of hydrogen-bond acceptors (Lipinski definition) is 3. The Morgan fingerprint density at radius 3 is 3.17 bits per heavy atom. The number of nitriles is 1. The molecule has 0 aliphatic rings. The third-order valence-electron chi connectivity index (χ3n) is 1.50. The van der Waals surface area contributed by atoms with Gasteiger partial charge in [0, 0.05) is 25.5 Å². The van der Waals surface area contributed by atoms with Crippen molar-refractivity contribution in [2.45, 2.75) is 6.54 Å². The highest BCUT2D eigenvalue weighted by Crippen LogP contribution is 1.99. The molecule has 0 saturated carbocycles. The Morgan fingerprint density at radius 1 is 1.83 bits per heavy atom. The lowest BCUT2D eigenvalue weighted by Gasteiger charge is -2.03. The molecule has 0 saturated heterocycles. The van der Waals surface area contributed by atoms with E-state index in [1.54, 1.807) is 17.0 Å². The van der Waals surface area contributed by atoms with Crippen molar-refractivity contribution in [2.75, 3.05) is 6.54 Å². The van der Waals surface area contributed by atoms with Gasteiger partial charge in [0.25, 0.3) is 0 Å². The van der Waals surface area contributed by atoms with Gasteiger partial charge in [0.15, 0.2) is 0 Å². The highest BCUT2D eigenvalue weighted by Gasteiger charge is 2.00. The van der Waals surface area contributed by atoms with Crippen molar-refractivity contribution in [3.8, 4) is 6.07 Å². The highest BCUT2D eigenvalue weighted by atomic mass is 15.1. The molecule has 1 aromatic rings. The summed E-state index contributed by atoms with van der Waals surface area (Å²) in [5, 5.41) is 8.60. The van der Waals surface area contributed by atoms with Crippen LogP contribution < -0.4 is 5.73 Å². The van der Waals surface area contributed by atoms with Crippen molar-refractivity contribution in [1.82, 2.24) is 9.55 Å². The number of imidazole rings is 1. The second kappa shape index (κ2) is 3.69. The lowest BCUT2D eigenvalue weighted by atomic mass is 10.3. The smallest absolute Gasteiger partial charge is 0.213 e. The quantitative estimate of drug-likeness (QED) is 0.648. The molecule has 0 radical (unpaired) electrons. The Hall–Kier alpha value is -1.60. The largest absolute Gasteiger partial charge is 0.327 e. The SMILES string of the molecule is C=C(CN)Cn1ccnc1C#N. The topological polar surface area (TPSA) is 67.6 Å². The molecule has 0 unspecified atom stereocenters. The minimum atomic E-state index is 0.393. The van der Waals surface area contributed by atoms with E-state index in [2.05, 4.69) is 11.6 Å². The molecule has 0 atom stereocenters. The highest BCUT2D eigenvalue weighted by molar-refractivity contribution is 5.13. The monoisotopic (exact) mass is 162 g/mol. The maximum Gasteiger partial charge on any atom is 0.213 e. The molecule has 0 aromatic carbocycles. The number of aromatic nitrogens is 2. The Labute approximate surface area is 70.9 Å². The van der Waals surface area contributed by atoms with E-state index in [1.807, 2.05) is 6.07 Å². The van der Waals surface area contributed by atoms with Gasteiger partial charge in [-0.15, -0.1) is 0 Å². The standard InChI is InChI=1S/C8H10N4/c1-7(4-9)6-12-3-2-11-8(12)5-10/h2-3H,1,4,6,9H2. The summed E-state index contributed by atoms with van der Waals surface area (Å²) in [5.74, 6) is 0.393. The Balaban J connectivity index is 2.76. The molecule has 4 heteroatoms. The zero-order valence-corrected chi connectivity index (χ0v) is 6.70. The van der Waals surface area contributed by atoms with Crippen LogP contribution in [-0.4, -0.2) is 16.1 Å². The molecule has 2 N–H and O–H groups in total. The van der Waals surface area contributed by atoms with Crippen LogP contribution in [0.25, 0.3) is 0 Å². The molecule has 1 rings (SSSR count). The first kappa shape index (κ1) is 8.50. The van der Waals surface area contributed by atoms with Gasteiger partial charge in [0.05, 0.1) is 0 Å². The molecule has 62 valence electrons. The third-order valence-corrected chi connectivity index (χ3v) is 1.50. The van der Waals surface area contributed by atoms with Crippen molar-refractivity contribution < 1.29 is 0 Å². The Bertz CT molecular complexity index is 318. The van der Waals surface area contributed by atoms with Gasteiger partial charge in [-0.25, -0.2) is 4.98 Å². The summed E-state index contributed by atoms with van der Waals surface area (Å²) in [7, 11) is 0. The van der Waals surface area contributed by atoms with Gasteiger partial charge < -0.3 is 10.3 Å². The van der Waals surface area contributed by atoms with Crippen LogP contribution in [-0.2, 0) is 6.54 Å². The second-order valence-corrected chi connectivity index (χ2v) is 2.44. The predicted octanol–water partition coefficient (Wildman–Crippen LogP) is 0.270. The zero-order chi connectivity index (χ0) is 8.97. The van der Waals surface area contributed by atoms with Crippen molar-refractivity contribution in [1.29, 1.82) is 5.26 Å². The van der Waals surface area contributed by atoms with Crippen molar-refractivity contribution in [3.63, 3.8) is 0 Å². The van der Waals surface area contributed by atoms with Crippen LogP contribution in [0.4, 0.5) is 0 Å². The second-order valence-electron chi connectivity index (χ2n) is 2.44. The summed E-state index contributed by atoms with van der Waals surface area (Å²) in [5.41, 5.74) is 6.24. The van der Waals surface area contributed by atoms with Crippen LogP contribution in [0.1, 0.15) is 5.82 Å². The lowest BCUT2D eigenvalue weighted by molar-refractivity contribution is 0.756. The van der Waals surface area contributed by atoms with Crippen molar-refractivity contribution in [2.24, 2.45) is 5.73 Å². The first-order valence-corrected chi connectivity index (χ1v) is 3.56. The van der Waals surface area contributed by atoms with Crippen LogP contribution in [0, 0.1) is 11.3 Å². The average Bonchev–Trinajstić information content (AvgIpc) is 2.51. The van der Waals surface area contributed by atoms with Crippen LogP contribution in [0.5, 0.6) is 0 Å². The molecule has 0 bridgehead atoms. The van der Waals surface area contributed by atoms with Gasteiger partial charge in [-0.05, 0) is 5.57 Å².